The third kappa shape index (κ3) is 4.43. The molecule has 0 fully saturated rings. The van der Waals surface area contributed by atoms with Crippen LogP contribution in [-0.4, -0.2) is 13.9 Å². The van der Waals surface area contributed by atoms with E-state index in [-0.39, 0.29) is 5.78 Å². The van der Waals surface area contributed by atoms with Crippen molar-refractivity contribution in [2.24, 2.45) is 0 Å². The first-order chi connectivity index (χ1) is 6.47. The summed E-state index contributed by atoms with van der Waals surface area (Å²) in [6.07, 6.45) is 5.40. The first-order valence-electron chi connectivity index (χ1n) is 5.20. The third-order valence-electron chi connectivity index (χ3n) is 2.07. The molecule has 0 saturated carbocycles. The largest absolute Gasteiger partial charge is 0.295 e. The van der Waals surface area contributed by atoms with Crippen molar-refractivity contribution in [2.45, 2.75) is 45.3 Å². The summed E-state index contributed by atoms with van der Waals surface area (Å²) in [5.41, 5.74) is 4.55. The topological polar surface area (TPSA) is 17.1 Å². The quantitative estimate of drug-likeness (QED) is 0.476. The van der Waals surface area contributed by atoms with Gasteiger partial charge in [0.2, 0.25) is 0 Å². The minimum Gasteiger partial charge on any atom is -0.295 e. The van der Waals surface area contributed by atoms with Crippen LogP contribution in [0.3, 0.4) is 0 Å². The zero-order valence-corrected chi connectivity index (χ0v) is 10.3. The van der Waals surface area contributed by atoms with Crippen molar-refractivity contribution in [1.29, 1.82) is 0 Å². The van der Waals surface area contributed by atoms with E-state index in [4.69, 9.17) is 0 Å². The van der Waals surface area contributed by atoms with Gasteiger partial charge in [-0.2, -0.15) is 0 Å². The molecular formula is C12H18OSi. The average molecular weight is 206 g/mol. The lowest BCUT2D eigenvalue weighted by Crippen LogP contribution is -2.16. The molecule has 0 aromatic carbocycles. The number of carbonyl (C=O) groups is 1. The summed E-state index contributed by atoms with van der Waals surface area (Å²) in [5, 5.41) is 0. The Morgan fingerprint density at radius 2 is 2.07 bits per heavy atom. The molecule has 0 atom stereocenters. The zero-order valence-electron chi connectivity index (χ0n) is 9.31. The van der Waals surface area contributed by atoms with E-state index in [2.05, 4.69) is 31.1 Å². The lowest BCUT2D eigenvalue weighted by molar-refractivity contribution is -0.115. The standard InChI is InChI=1S/C12H18OSi/c1-14(2,3)9-5-7-11-6-4-8-12(13)10-11/h10H,4,6-8H2,1-3H3. The maximum absolute atomic E-state index is 11.1. The van der Waals surface area contributed by atoms with Gasteiger partial charge in [-0.05, 0) is 18.9 Å². The van der Waals surface area contributed by atoms with Gasteiger partial charge < -0.3 is 0 Å². The summed E-state index contributed by atoms with van der Waals surface area (Å²) in [7, 11) is -1.23. The van der Waals surface area contributed by atoms with Gasteiger partial charge in [0.05, 0.1) is 0 Å². The smallest absolute Gasteiger partial charge is 0.155 e. The number of rotatable bonds is 1. The van der Waals surface area contributed by atoms with Crippen molar-refractivity contribution in [1.82, 2.24) is 0 Å². The molecule has 0 unspecified atom stereocenters. The molecule has 14 heavy (non-hydrogen) atoms. The molecule has 76 valence electrons. The Bertz CT molecular complexity index is 309. The maximum atomic E-state index is 11.1. The number of carbonyl (C=O) groups excluding carboxylic acids is 1. The van der Waals surface area contributed by atoms with Crippen molar-refractivity contribution < 1.29 is 4.79 Å². The van der Waals surface area contributed by atoms with Gasteiger partial charge in [-0.3, -0.25) is 4.79 Å². The van der Waals surface area contributed by atoms with Crippen LogP contribution in [0.4, 0.5) is 0 Å². The molecule has 0 radical (unpaired) electrons. The van der Waals surface area contributed by atoms with Crippen LogP contribution in [0.2, 0.25) is 19.6 Å². The van der Waals surface area contributed by atoms with Gasteiger partial charge in [0.15, 0.2) is 5.78 Å². The minimum absolute atomic E-state index is 0.279. The highest BCUT2D eigenvalue weighted by molar-refractivity contribution is 6.83. The van der Waals surface area contributed by atoms with Gasteiger partial charge in [0.1, 0.15) is 8.07 Å². The summed E-state index contributed by atoms with van der Waals surface area (Å²) in [6, 6.07) is 0. The molecule has 0 aromatic heterocycles. The van der Waals surface area contributed by atoms with Crippen LogP contribution in [0.5, 0.6) is 0 Å². The number of hydrogen-bond donors (Lipinski definition) is 0. The summed E-state index contributed by atoms with van der Waals surface area (Å²) in [5.74, 6) is 3.49. The van der Waals surface area contributed by atoms with E-state index in [1.165, 1.54) is 5.57 Å². The molecule has 1 rings (SSSR count). The monoisotopic (exact) mass is 206 g/mol. The van der Waals surface area contributed by atoms with Gasteiger partial charge in [-0.1, -0.05) is 25.2 Å². The first-order valence-corrected chi connectivity index (χ1v) is 8.70. The summed E-state index contributed by atoms with van der Waals surface area (Å²) >= 11 is 0. The van der Waals surface area contributed by atoms with Crippen LogP contribution >= 0.6 is 0 Å². The Morgan fingerprint density at radius 3 is 2.64 bits per heavy atom. The van der Waals surface area contributed by atoms with E-state index < -0.39 is 8.07 Å². The third-order valence-corrected chi connectivity index (χ3v) is 2.99. The molecule has 2 heteroatoms. The molecule has 0 aliphatic heterocycles. The van der Waals surface area contributed by atoms with E-state index in [0.29, 0.717) is 0 Å². The maximum Gasteiger partial charge on any atom is 0.155 e. The Morgan fingerprint density at radius 1 is 1.36 bits per heavy atom. The lowest BCUT2D eigenvalue weighted by atomic mass is 9.97. The lowest BCUT2D eigenvalue weighted by Gasteiger charge is -2.09. The van der Waals surface area contributed by atoms with Crippen LogP contribution in [0, 0.1) is 11.5 Å². The second-order valence-electron chi connectivity index (χ2n) is 4.85. The van der Waals surface area contributed by atoms with Crippen molar-refractivity contribution in [3.63, 3.8) is 0 Å². The Labute approximate surface area is 87.6 Å². The summed E-state index contributed by atoms with van der Waals surface area (Å²) in [6.45, 7) is 6.71. The Hall–Kier alpha value is -0.813. The second kappa shape index (κ2) is 4.61. The number of ketones is 1. The van der Waals surface area contributed by atoms with Gasteiger partial charge >= 0.3 is 0 Å². The molecule has 0 amide bonds. The molecule has 0 saturated heterocycles. The molecule has 0 heterocycles. The second-order valence-corrected chi connectivity index (χ2v) is 9.60. The molecule has 0 N–H and O–H groups in total. The Kier molecular flexibility index (Phi) is 3.71. The zero-order chi connectivity index (χ0) is 10.6. The SMILES string of the molecule is C[Si](C)(C)C#CCC1=CC(=O)CCC1. The molecule has 0 spiro atoms. The van der Waals surface area contributed by atoms with E-state index >= 15 is 0 Å². The van der Waals surface area contributed by atoms with Crippen LogP contribution in [-0.2, 0) is 4.79 Å². The van der Waals surface area contributed by atoms with Gasteiger partial charge in [0, 0.05) is 12.8 Å². The predicted octanol–water partition coefficient (Wildman–Crippen LogP) is 2.94. The fourth-order valence-electron chi connectivity index (χ4n) is 1.42. The van der Waals surface area contributed by atoms with Gasteiger partial charge in [0.25, 0.3) is 0 Å². The molecule has 1 aliphatic rings. The van der Waals surface area contributed by atoms with Crippen molar-refractivity contribution in [3.8, 4) is 11.5 Å². The van der Waals surface area contributed by atoms with Crippen LogP contribution in [0.25, 0.3) is 0 Å². The molecule has 1 aliphatic carbocycles. The van der Waals surface area contributed by atoms with Crippen LogP contribution in [0.15, 0.2) is 11.6 Å². The number of hydrogen-bond acceptors (Lipinski definition) is 1. The predicted molar refractivity (Wildman–Crippen MR) is 62.7 cm³/mol. The Balaban J connectivity index is 2.52. The fraction of sp³-hybridized carbons (Fsp3) is 0.583. The summed E-state index contributed by atoms with van der Waals surface area (Å²) < 4.78 is 0. The van der Waals surface area contributed by atoms with Crippen molar-refractivity contribution in [3.05, 3.63) is 11.6 Å². The van der Waals surface area contributed by atoms with E-state index in [0.717, 1.165) is 25.7 Å². The van der Waals surface area contributed by atoms with Crippen LogP contribution < -0.4 is 0 Å². The number of allylic oxidation sites excluding steroid dienone is 2. The fourth-order valence-corrected chi connectivity index (χ4v) is 2.04. The van der Waals surface area contributed by atoms with Gasteiger partial charge in [-0.25, -0.2) is 0 Å². The van der Waals surface area contributed by atoms with Crippen LogP contribution in [0.1, 0.15) is 25.7 Å². The summed E-state index contributed by atoms with van der Waals surface area (Å²) in [4.78, 5) is 11.1. The molecular weight excluding hydrogens is 188 g/mol. The van der Waals surface area contributed by atoms with Crippen molar-refractivity contribution >= 4 is 13.9 Å². The highest BCUT2D eigenvalue weighted by atomic mass is 28.3. The van der Waals surface area contributed by atoms with E-state index in [1.807, 2.05) is 0 Å². The molecule has 1 nitrogen and oxygen atoms in total. The highest BCUT2D eigenvalue weighted by Crippen LogP contribution is 2.17. The average Bonchev–Trinajstić information content (AvgIpc) is 2.01. The molecule has 0 aromatic rings. The molecule has 0 bridgehead atoms. The van der Waals surface area contributed by atoms with E-state index in [1.54, 1.807) is 6.08 Å². The normalized spacial score (nSPS) is 17.1. The first kappa shape index (κ1) is 11.3. The van der Waals surface area contributed by atoms with E-state index in [9.17, 15) is 4.79 Å². The van der Waals surface area contributed by atoms with Gasteiger partial charge in [-0.15, -0.1) is 11.5 Å². The highest BCUT2D eigenvalue weighted by Gasteiger charge is 2.10. The van der Waals surface area contributed by atoms with Crippen molar-refractivity contribution in [2.75, 3.05) is 0 Å². The minimum atomic E-state index is -1.23.